The van der Waals surface area contributed by atoms with E-state index in [1.165, 1.54) is 0 Å². The van der Waals surface area contributed by atoms with Crippen LogP contribution in [0.5, 0.6) is 0 Å². The summed E-state index contributed by atoms with van der Waals surface area (Å²) < 4.78 is 0. The molecule has 1 heterocycles. The molecule has 0 radical (unpaired) electrons. The van der Waals surface area contributed by atoms with E-state index in [0.717, 1.165) is 16.3 Å². The lowest BCUT2D eigenvalue weighted by Crippen LogP contribution is -2.21. The maximum absolute atomic E-state index is 12.2. The van der Waals surface area contributed by atoms with E-state index in [1.807, 2.05) is 35.7 Å². The molecule has 0 aliphatic carbocycles. The predicted octanol–water partition coefficient (Wildman–Crippen LogP) is 4.99. The van der Waals surface area contributed by atoms with Gasteiger partial charge >= 0.3 is 0 Å². The van der Waals surface area contributed by atoms with Crippen molar-refractivity contribution in [2.75, 3.05) is 0 Å². The fourth-order valence-corrected chi connectivity index (χ4v) is 2.85. The molecule has 1 atom stereocenters. The smallest absolute Gasteiger partial charge is 0.139 e. The molecule has 1 aromatic heterocycles. The lowest BCUT2D eigenvalue weighted by molar-refractivity contribution is -0.120. The summed E-state index contributed by atoms with van der Waals surface area (Å²) in [5.41, 5.74) is 2.25. The molecule has 0 saturated carbocycles. The van der Waals surface area contributed by atoms with Crippen molar-refractivity contribution in [2.45, 2.75) is 40.5 Å². The quantitative estimate of drug-likeness (QED) is 0.778. The van der Waals surface area contributed by atoms with Crippen LogP contribution in [0.2, 0.25) is 0 Å². The first-order chi connectivity index (χ1) is 9.86. The zero-order valence-corrected chi connectivity index (χ0v) is 14.0. The molecule has 3 heteroatoms. The summed E-state index contributed by atoms with van der Waals surface area (Å²) in [7, 11) is 0. The second-order valence-corrected chi connectivity index (χ2v) is 7.62. The molecule has 21 heavy (non-hydrogen) atoms. The fraction of sp³-hybridized carbons (Fsp3) is 0.444. The number of rotatable bonds is 5. The number of thiazole rings is 1. The average molecular weight is 301 g/mol. The molecule has 2 nitrogen and oxygen atoms in total. The number of aromatic nitrogens is 1. The highest BCUT2D eigenvalue weighted by Crippen LogP contribution is 2.29. The van der Waals surface area contributed by atoms with Crippen molar-refractivity contribution in [3.05, 3.63) is 40.7 Å². The summed E-state index contributed by atoms with van der Waals surface area (Å²) in [5, 5.41) is 2.95. The Balaban J connectivity index is 1.98. The van der Waals surface area contributed by atoms with Gasteiger partial charge in [-0.1, -0.05) is 58.0 Å². The van der Waals surface area contributed by atoms with Gasteiger partial charge in [0.2, 0.25) is 0 Å². The molecule has 0 bridgehead atoms. The minimum atomic E-state index is 0.174. The topological polar surface area (TPSA) is 30.0 Å². The maximum atomic E-state index is 12.2. The van der Waals surface area contributed by atoms with Crippen LogP contribution >= 0.6 is 11.3 Å². The summed E-state index contributed by atoms with van der Waals surface area (Å²) in [6.45, 7) is 8.70. The normalized spacial score (nSPS) is 13.1. The van der Waals surface area contributed by atoms with Crippen molar-refractivity contribution >= 4 is 17.1 Å². The SMILES string of the molecule is CC(CC(=O)Cc1nc(-c2ccccc2)cs1)C(C)(C)C. The summed E-state index contributed by atoms with van der Waals surface area (Å²) in [6, 6.07) is 10.1. The lowest BCUT2D eigenvalue weighted by atomic mass is 9.79. The highest BCUT2D eigenvalue weighted by molar-refractivity contribution is 7.10. The molecular weight excluding hydrogens is 278 g/mol. The van der Waals surface area contributed by atoms with E-state index >= 15 is 0 Å². The Morgan fingerprint density at radius 1 is 1.24 bits per heavy atom. The largest absolute Gasteiger partial charge is 0.299 e. The summed E-state index contributed by atoms with van der Waals surface area (Å²) >= 11 is 1.58. The van der Waals surface area contributed by atoms with Gasteiger partial charge in [-0.3, -0.25) is 4.79 Å². The van der Waals surface area contributed by atoms with Gasteiger partial charge in [-0.05, 0) is 11.3 Å². The van der Waals surface area contributed by atoms with E-state index < -0.39 is 0 Å². The Hall–Kier alpha value is -1.48. The highest BCUT2D eigenvalue weighted by atomic mass is 32.1. The molecule has 1 unspecified atom stereocenters. The van der Waals surface area contributed by atoms with Gasteiger partial charge in [-0.25, -0.2) is 4.98 Å². The minimum Gasteiger partial charge on any atom is -0.299 e. The number of carbonyl (C=O) groups is 1. The van der Waals surface area contributed by atoms with Gasteiger partial charge in [0.05, 0.1) is 12.1 Å². The maximum Gasteiger partial charge on any atom is 0.139 e. The molecule has 0 saturated heterocycles. The number of hydrogen-bond acceptors (Lipinski definition) is 3. The molecule has 112 valence electrons. The Morgan fingerprint density at radius 2 is 1.90 bits per heavy atom. The van der Waals surface area contributed by atoms with Crippen LogP contribution in [0.1, 0.15) is 39.1 Å². The third kappa shape index (κ3) is 4.50. The van der Waals surface area contributed by atoms with Crippen LogP contribution in [0.4, 0.5) is 0 Å². The van der Waals surface area contributed by atoms with Gasteiger partial charge in [-0.2, -0.15) is 0 Å². The summed E-state index contributed by atoms with van der Waals surface area (Å²) in [4.78, 5) is 16.8. The monoisotopic (exact) mass is 301 g/mol. The second kappa shape index (κ2) is 6.52. The van der Waals surface area contributed by atoms with Crippen molar-refractivity contribution in [2.24, 2.45) is 11.3 Å². The second-order valence-electron chi connectivity index (χ2n) is 6.68. The zero-order chi connectivity index (χ0) is 15.5. The molecule has 0 amide bonds. The molecule has 0 spiro atoms. The van der Waals surface area contributed by atoms with E-state index in [2.05, 4.69) is 32.7 Å². The van der Waals surface area contributed by atoms with Crippen molar-refractivity contribution < 1.29 is 4.79 Å². The molecule has 0 fully saturated rings. The van der Waals surface area contributed by atoms with Crippen LogP contribution < -0.4 is 0 Å². The molecule has 2 aromatic rings. The van der Waals surface area contributed by atoms with Gasteiger partial charge in [0.15, 0.2) is 0 Å². The van der Waals surface area contributed by atoms with E-state index in [-0.39, 0.29) is 11.2 Å². The number of hydrogen-bond donors (Lipinski definition) is 0. The number of ketones is 1. The first kappa shape index (κ1) is 15.9. The van der Waals surface area contributed by atoms with Gasteiger partial charge in [0.1, 0.15) is 10.8 Å². The number of benzene rings is 1. The predicted molar refractivity (Wildman–Crippen MR) is 89.5 cm³/mol. The highest BCUT2D eigenvalue weighted by Gasteiger charge is 2.23. The van der Waals surface area contributed by atoms with E-state index in [1.54, 1.807) is 11.3 Å². The average Bonchev–Trinajstić information content (AvgIpc) is 2.87. The van der Waals surface area contributed by atoms with Crippen molar-refractivity contribution in [1.82, 2.24) is 4.98 Å². The van der Waals surface area contributed by atoms with Gasteiger partial charge in [-0.15, -0.1) is 11.3 Å². The summed E-state index contributed by atoms with van der Waals surface area (Å²) in [6.07, 6.45) is 1.08. The molecule has 0 aliphatic heterocycles. The van der Waals surface area contributed by atoms with Crippen molar-refractivity contribution in [3.63, 3.8) is 0 Å². The molecule has 0 N–H and O–H groups in total. The van der Waals surface area contributed by atoms with Crippen molar-refractivity contribution in [3.8, 4) is 11.3 Å². The minimum absolute atomic E-state index is 0.174. The molecule has 2 rings (SSSR count). The van der Waals surface area contributed by atoms with Crippen LogP contribution in [0.3, 0.4) is 0 Å². The lowest BCUT2D eigenvalue weighted by Gasteiger charge is -2.26. The summed E-state index contributed by atoms with van der Waals surface area (Å²) in [5.74, 6) is 0.671. The third-order valence-corrected chi connectivity index (χ3v) is 4.83. The molecule has 0 aliphatic rings. The van der Waals surface area contributed by atoms with Crippen LogP contribution in [0.15, 0.2) is 35.7 Å². The van der Waals surface area contributed by atoms with Crippen molar-refractivity contribution in [1.29, 1.82) is 0 Å². The Labute approximate surface area is 131 Å². The standard InChI is InChI=1S/C18H23NOS/c1-13(18(2,3)4)10-15(20)11-17-19-16(12-21-17)14-8-6-5-7-9-14/h5-9,12-13H,10-11H2,1-4H3. The Morgan fingerprint density at radius 3 is 2.52 bits per heavy atom. The fourth-order valence-electron chi connectivity index (χ4n) is 2.02. The van der Waals surface area contributed by atoms with Gasteiger partial charge < -0.3 is 0 Å². The number of nitrogens with zero attached hydrogens (tertiary/aromatic N) is 1. The number of Topliss-reactive ketones (excluding diaryl/α,β-unsaturated/α-hetero) is 1. The van der Waals surface area contributed by atoms with Gasteiger partial charge in [0, 0.05) is 17.4 Å². The Bertz CT molecular complexity index is 595. The van der Waals surface area contributed by atoms with E-state index in [4.69, 9.17) is 0 Å². The van der Waals surface area contributed by atoms with Crippen LogP contribution in [0, 0.1) is 11.3 Å². The van der Waals surface area contributed by atoms with E-state index in [0.29, 0.717) is 18.8 Å². The third-order valence-electron chi connectivity index (χ3n) is 3.98. The zero-order valence-electron chi connectivity index (χ0n) is 13.2. The van der Waals surface area contributed by atoms with E-state index in [9.17, 15) is 4.79 Å². The van der Waals surface area contributed by atoms with Crippen LogP contribution in [-0.2, 0) is 11.2 Å². The van der Waals surface area contributed by atoms with Gasteiger partial charge in [0.25, 0.3) is 0 Å². The van der Waals surface area contributed by atoms with Crippen LogP contribution in [-0.4, -0.2) is 10.8 Å². The first-order valence-electron chi connectivity index (χ1n) is 7.38. The van der Waals surface area contributed by atoms with Crippen LogP contribution in [0.25, 0.3) is 11.3 Å². The number of carbonyl (C=O) groups excluding carboxylic acids is 1. The Kier molecular flexibility index (Phi) is 4.94. The molecular formula is C18H23NOS. The molecule has 1 aromatic carbocycles. The first-order valence-corrected chi connectivity index (χ1v) is 8.26.